The summed E-state index contributed by atoms with van der Waals surface area (Å²) in [7, 11) is 0. The molecule has 1 aliphatic rings. The molecule has 0 aliphatic carbocycles. The molecule has 1 aliphatic heterocycles. The summed E-state index contributed by atoms with van der Waals surface area (Å²) in [5, 5.41) is 23.5. The topological polar surface area (TPSA) is 134 Å². The summed E-state index contributed by atoms with van der Waals surface area (Å²) in [4.78, 5) is 13.4. The average Bonchev–Trinajstić information content (AvgIpc) is 2.44. The molecule has 9 nitrogen and oxygen atoms in total. The molecule has 5 atom stereocenters. The molecule has 0 aromatic rings. The van der Waals surface area contributed by atoms with Crippen LogP contribution in [0.2, 0.25) is 0 Å². The average molecular weight is 303 g/mol. The van der Waals surface area contributed by atoms with E-state index in [4.69, 9.17) is 19.7 Å². The molecule has 1 fully saturated rings. The van der Waals surface area contributed by atoms with Gasteiger partial charge in [-0.2, -0.15) is 0 Å². The Morgan fingerprint density at radius 3 is 2.76 bits per heavy atom. The monoisotopic (exact) mass is 303 g/mol. The Bertz CT molecular complexity index is 387. The maximum Gasteiger partial charge on any atom is 0.302 e. The summed E-state index contributed by atoms with van der Waals surface area (Å²) < 4.78 is 15.4. The van der Waals surface area contributed by atoms with E-state index in [0.717, 1.165) is 12.8 Å². The Labute approximate surface area is 122 Å². The van der Waals surface area contributed by atoms with Crippen LogP contribution in [0, 0.1) is 0 Å². The number of esters is 1. The molecule has 0 aromatic carbocycles. The van der Waals surface area contributed by atoms with E-state index in [9.17, 15) is 15.0 Å². The Kier molecular flexibility index (Phi) is 7.41. The van der Waals surface area contributed by atoms with Gasteiger partial charge in [-0.3, -0.25) is 4.79 Å². The van der Waals surface area contributed by atoms with Gasteiger partial charge in [0.25, 0.3) is 0 Å². The van der Waals surface area contributed by atoms with Gasteiger partial charge in [-0.25, -0.2) is 0 Å². The zero-order valence-corrected chi connectivity index (χ0v) is 12.1. The number of carbonyl (C=O) groups excluding carboxylic acids is 1. The van der Waals surface area contributed by atoms with E-state index in [1.807, 2.05) is 6.92 Å². The van der Waals surface area contributed by atoms with Crippen LogP contribution in [0.4, 0.5) is 0 Å². The molecule has 1 heterocycles. The van der Waals surface area contributed by atoms with Gasteiger partial charge in [-0.1, -0.05) is 18.5 Å². The molecular weight excluding hydrogens is 282 g/mol. The first-order valence-corrected chi connectivity index (χ1v) is 6.82. The second-order valence-corrected chi connectivity index (χ2v) is 4.74. The van der Waals surface area contributed by atoms with Gasteiger partial charge in [-0.15, -0.1) is 0 Å². The van der Waals surface area contributed by atoms with Gasteiger partial charge in [0.1, 0.15) is 24.9 Å². The number of unbranched alkanes of at least 4 members (excludes halogenated alkanes) is 1. The van der Waals surface area contributed by atoms with E-state index in [-0.39, 0.29) is 6.61 Å². The molecule has 9 heteroatoms. The largest absolute Gasteiger partial charge is 0.463 e. The number of carbonyl (C=O) groups is 1. The molecule has 1 saturated heterocycles. The summed E-state index contributed by atoms with van der Waals surface area (Å²) in [5.74, 6) is -0.527. The predicted octanol–water partition coefficient (Wildman–Crippen LogP) is 0.492. The highest BCUT2D eigenvalue weighted by Gasteiger charge is 2.45. The van der Waals surface area contributed by atoms with Gasteiger partial charge in [0, 0.05) is 18.4 Å². The Balaban J connectivity index is 2.77. The van der Waals surface area contributed by atoms with E-state index in [0.29, 0.717) is 6.61 Å². The van der Waals surface area contributed by atoms with Crippen LogP contribution in [0.25, 0.3) is 10.4 Å². The lowest BCUT2D eigenvalue weighted by molar-refractivity contribution is -0.258. The molecule has 0 amide bonds. The molecule has 120 valence electrons. The van der Waals surface area contributed by atoms with E-state index >= 15 is 0 Å². The van der Waals surface area contributed by atoms with Crippen LogP contribution >= 0.6 is 0 Å². The molecule has 0 radical (unpaired) electrons. The Morgan fingerprint density at radius 2 is 2.19 bits per heavy atom. The highest BCUT2D eigenvalue weighted by atomic mass is 16.6. The third kappa shape index (κ3) is 5.14. The lowest BCUT2D eigenvalue weighted by Crippen LogP contribution is -2.59. The first kappa shape index (κ1) is 17.7. The van der Waals surface area contributed by atoms with Crippen molar-refractivity contribution in [2.24, 2.45) is 5.11 Å². The quantitative estimate of drug-likeness (QED) is 0.231. The van der Waals surface area contributed by atoms with E-state index in [2.05, 4.69) is 10.0 Å². The number of aliphatic hydroxyl groups excluding tert-OH is 2. The molecule has 0 bridgehead atoms. The van der Waals surface area contributed by atoms with Crippen molar-refractivity contribution in [3.05, 3.63) is 10.4 Å². The van der Waals surface area contributed by atoms with Crippen LogP contribution in [-0.4, -0.2) is 60.0 Å². The Hall–Kier alpha value is -1.38. The van der Waals surface area contributed by atoms with Crippen molar-refractivity contribution in [2.75, 3.05) is 13.2 Å². The van der Waals surface area contributed by atoms with Gasteiger partial charge >= 0.3 is 5.97 Å². The lowest BCUT2D eigenvalue weighted by atomic mass is 9.97. The zero-order valence-electron chi connectivity index (χ0n) is 12.1. The van der Waals surface area contributed by atoms with Crippen LogP contribution in [0.3, 0.4) is 0 Å². The third-order valence-electron chi connectivity index (χ3n) is 3.10. The maximum atomic E-state index is 10.8. The Morgan fingerprint density at radius 1 is 1.48 bits per heavy atom. The van der Waals surface area contributed by atoms with Crippen molar-refractivity contribution in [2.45, 2.75) is 57.3 Å². The minimum Gasteiger partial charge on any atom is -0.463 e. The highest BCUT2D eigenvalue weighted by Crippen LogP contribution is 2.25. The predicted molar refractivity (Wildman–Crippen MR) is 71.1 cm³/mol. The van der Waals surface area contributed by atoms with Crippen molar-refractivity contribution < 1.29 is 29.2 Å². The summed E-state index contributed by atoms with van der Waals surface area (Å²) in [5.41, 5.74) is 8.54. The van der Waals surface area contributed by atoms with Gasteiger partial charge < -0.3 is 24.4 Å². The second kappa shape index (κ2) is 8.81. The van der Waals surface area contributed by atoms with Gasteiger partial charge in [-0.05, 0) is 12.0 Å². The standard InChI is InChI=1S/C12H21N3O6/c1-3-4-5-19-11-9(14-15-13)12(18)21-8(10(11)17)6-20-7(2)16/h8-12,17-18H,3-6H2,1-2H3/t8?,9?,10-,11-,12+/m1/s1. The molecular formula is C12H21N3O6. The van der Waals surface area contributed by atoms with Gasteiger partial charge in [0.15, 0.2) is 6.29 Å². The number of rotatable bonds is 7. The molecule has 0 saturated carbocycles. The smallest absolute Gasteiger partial charge is 0.302 e. The van der Waals surface area contributed by atoms with Crippen molar-refractivity contribution in [3.8, 4) is 0 Å². The van der Waals surface area contributed by atoms with Crippen molar-refractivity contribution in [3.63, 3.8) is 0 Å². The fraction of sp³-hybridized carbons (Fsp3) is 0.917. The van der Waals surface area contributed by atoms with E-state index in [1.54, 1.807) is 0 Å². The van der Waals surface area contributed by atoms with Crippen molar-refractivity contribution in [1.29, 1.82) is 0 Å². The second-order valence-electron chi connectivity index (χ2n) is 4.74. The molecule has 0 aromatic heterocycles. The summed E-state index contributed by atoms with van der Waals surface area (Å²) >= 11 is 0. The third-order valence-corrected chi connectivity index (χ3v) is 3.10. The first-order valence-electron chi connectivity index (χ1n) is 6.82. The van der Waals surface area contributed by atoms with Crippen LogP contribution in [0.5, 0.6) is 0 Å². The molecule has 21 heavy (non-hydrogen) atoms. The molecule has 2 N–H and O–H groups in total. The van der Waals surface area contributed by atoms with Crippen molar-refractivity contribution >= 4 is 5.97 Å². The van der Waals surface area contributed by atoms with E-state index in [1.165, 1.54) is 6.92 Å². The van der Waals surface area contributed by atoms with Gasteiger partial charge in [0.05, 0.1) is 6.10 Å². The highest BCUT2D eigenvalue weighted by molar-refractivity contribution is 5.65. The number of azide groups is 1. The zero-order chi connectivity index (χ0) is 15.8. The summed E-state index contributed by atoms with van der Waals surface area (Å²) in [6, 6.07) is -1.06. The minimum atomic E-state index is -1.43. The normalized spacial score (nSPS) is 32.3. The SMILES string of the molecule is CCCCO[C@@H]1C(N=[N+]=[N-])[C@@H](O)OC(COC(C)=O)[C@H]1O. The summed E-state index contributed by atoms with van der Waals surface area (Å²) in [6.07, 6.45) is -2.82. The number of ether oxygens (including phenoxy) is 3. The van der Waals surface area contributed by atoms with Gasteiger partial charge in [0.2, 0.25) is 0 Å². The van der Waals surface area contributed by atoms with E-state index < -0.39 is 36.6 Å². The van der Waals surface area contributed by atoms with Crippen LogP contribution in [0.1, 0.15) is 26.7 Å². The number of aliphatic hydroxyl groups is 2. The van der Waals surface area contributed by atoms with Crippen LogP contribution in [0.15, 0.2) is 5.11 Å². The molecule has 1 rings (SSSR count). The maximum absolute atomic E-state index is 10.8. The number of nitrogens with zero attached hydrogens (tertiary/aromatic N) is 3. The lowest BCUT2D eigenvalue weighted by Gasteiger charge is -2.40. The fourth-order valence-electron chi connectivity index (χ4n) is 2.00. The fourth-order valence-corrected chi connectivity index (χ4v) is 2.00. The number of hydrogen-bond donors (Lipinski definition) is 2. The molecule has 2 unspecified atom stereocenters. The first-order chi connectivity index (χ1) is 10.0. The van der Waals surface area contributed by atoms with Crippen molar-refractivity contribution in [1.82, 2.24) is 0 Å². The van der Waals surface area contributed by atoms with Crippen LogP contribution in [-0.2, 0) is 19.0 Å². The number of hydrogen-bond acceptors (Lipinski definition) is 7. The summed E-state index contributed by atoms with van der Waals surface area (Å²) in [6.45, 7) is 3.34. The minimum absolute atomic E-state index is 0.218. The van der Waals surface area contributed by atoms with Crippen LogP contribution < -0.4 is 0 Å². The molecule has 0 spiro atoms.